The van der Waals surface area contributed by atoms with E-state index in [0.717, 1.165) is 44.2 Å². The van der Waals surface area contributed by atoms with Crippen LogP contribution in [0.2, 0.25) is 0 Å². The lowest BCUT2D eigenvalue weighted by atomic mass is 9.60. The van der Waals surface area contributed by atoms with Gasteiger partial charge in [0.15, 0.2) is 17.5 Å². The summed E-state index contributed by atoms with van der Waals surface area (Å²) in [6.07, 6.45) is 0. The van der Waals surface area contributed by atoms with Gasteiger partial charge in [-0.3, -0.25) is 0 Å². The number of para-hydroxylation sites is 1. The van der Waals surface area contributed by atoms with Crippen molar-refractivity contribution in [3.63, 3.8) is 0 Å². The first kappa shape index (κ1) is 29.8. The van der Waals surface area contributed by atoms with Gasteiger partial charge >= 0.3 is 0 Å². The number of aromatic nitrogens is 3. The van der Waals surface area contributed by atoms with Crippen LogP contribution in [-0.4, -0.2) is 54.2 Å². The zero-order chi connectivity index (χ0) is 33.4. The van der Waals surface area contributed by atoms with E-state index in [0.29, 0.717) is 17.2 Å². The van der Waals surface area contributed by atoms with E-state index in [2.05, 4.69) is 60.7 Å². The third-order valence-electron chi connectivity index (χ3n) is 9.04. The molecule has 49 heavy (non-hydrogen) atoms. The van der Waals surface area contributed by atoms with E-state index < -0.39 is 0 Å². The Bertz CT molecular complexity index is 2770. The van der Waals surface area contributed by atoms with Crippen molar-refractivity contribution < 1.29 is 4.42 Å². The number of furan rings is 1. The molecule has 0 bridgehead atoms. The van der Waals surface area contributed by atoms with Crippen LogP contribution in [-0.2, 0) is 0 Å². The SMILES string of the molecule is [B]c1c([B])c([B])c(-c2nc(-c3ccccc3)nc(-c3ccc4oc5c(-c6cccc7c6sc6ccccc67)cccc5c4c3)n2)c([B])c1[B]. The lowest BCUT2D eigenvalue weighted by Crippen LogP contribution is -2.55. The largest absolute Gasteiger partial charge is 0.455 e. The third-order valence-corrected chi connectivity index (χ3v) is 10.3. The molecule has 0 spiro atoms. The van der Waals surface area contributed by atoms with Gasteiger partial charge in [0, 0.05) is 58.8 Å². The second-order valence-corrected chi connectivity index (χ2v) is 12.9. The number of hydrogen-bond donors (Lipinski definition) is 0. The van der Waals surface area contributed by atoms with Gasteiger partial charge in [-0.05, 0) is 24.3 Å². The Morgan fingerprint density at radius 2 is 1.08 bits per heavy atom. The van der Waals surface area contributed by atoms with Crippen molar-refractivity contribution in [3.05, 3.63) is 109 Å². The zero-order valence-corrected chi connectivity index (χ0v) is 26.8. The summed E-state index contributed by atoms with van der Waals surface area (Å²) in [5, 5.41) is 4.41. The monoisotopic (exact) mass is 631 g/mol. The predicted octanol–water partition coefficient (Wildman–Crippen LogP) is 4.78. The summed E-state index contributed by atoms with van der Waals surface area (Å²) in [5.74, 6) is 1.08. The van der Waals surface area contributed by atoms with Gasteiger partial charge in [-0.1, -0.05) is 95.9 Å². The summed E-state index contributed by atoms with van der Waals surface area (Å²) in [5.41, 5.74) is 6.25. The summed E-state index contributed by atoms with van der Waals surface area (Å²) in [7, 11) is 31.4. The Kier molecular flexibility index (Phi) is 6.92. The van der Waals surface area contributed by atoms with Crippen LogP contribution in [0.3, 0.4) is 0 Å². The second kappa shape index (κ2) is 11.4. The molecule has 9 rings (SSSR count). The summed E-state index contributed by atoms with van der Waals surface area (Å²) in [4.78, 5) is 14.5. The number of hydrogen-bond acceptors (Lipinski definition) is 5. The third kappa shape index (κ3) is 4.69. The quantitative estimate of drug-likeness (QED) is 0.263. The molecule has 9 aromatic rings. The molecule has 0 saturated carbocycles. The van der Waals surface area contributed by atoms with Crippen LogP contribution in [0.15, 0.2) is 114 Å². The molecular formula is C39H18B5N3OS. The molecule has 0 N–H and O–H groups in total. The molecule has 0 atom stereocenters. The van der Waals surface area contributed by atoms with Crippen LogP contribution >= 0.6 is 11.3 Å². The normalized spacial score (nSPS) is 11.7. The highest BCUT2D eigenvalue weighted by Crippen LogP contribution is 2.43. The van der Waals surface area contributed by atoms with Crippen LogP contribution in [0, 0.1) is 0 Å². The first-order chi connectivity index (χ1) is 23.9. The second-order valence-electron chi connectivity index (χ2n) is 11.9. The van der Waals surface area contributed by atoms with Crippen molar-refractivity contribution >= 4 is 120 Å². The topological polar surface area (TPSA) is 51.8 Å². The molecule has 10 heteroatoms. The van der Waals surface area contributed by atoms with Gasteiger partial charge in [0.1, 0.15) is 50.4 Å². The van der Waals surface area contributed by atoms with E-state index in [4.69, 9.17) is 58.6 Å². The lowest BCUT2D eigenvalue weighted by Gasteiger charge is -2.20. The van der Waals surface area contributed by atoms with E-state index in [1.165, 1.54) is 20.2 Å². The number of thiophene rings is 1. The Hall–Kier alpha value is -5.33. The minimum absolute atomic E-state index is 0.122. The molecule has 0 amide bonds. The fraction of sp³-hybridized carbons (Fsp3) is 0. The smallest absolute Gasteiger partial charge is 0.164 e. The molecule has 0 fully saturated rings. The fourth-order valence-corrected chi connectivity index (χ4v) is 7.76. The highest BCUT2D eigenvalue weighted by Gasteiger charge is 2.20. The van der Waals surface area contributed by atoms with Crippen molar-refractivity contribution in [2.24, 2.45) is 0 Å². The van der Waals surface area contributed by atoms with Crippen molar-refractivity contribution in [1.29, 1.82) is 0 Å². The van der Waals surface area contributed by atoms with E-state index >= 15 is 0 Å². The van der Waals surface area contributed by atoms with Gasteiger partial charge in [-0.2, -0.15) is 0 Å². The van der Waals surface area contributed by atoms with Gasteiger partial charge in [-0.15, -0.1) is 27.7 Å². The molecule has 10 radical (unpaired) electrons. The van der Waals surface area contributed by atoms with Crippen molar-refractivity contribution in [2.45, 2.75) is 0 Å². The average Bonchev–Trinajstić information content (AvgIpc) is 3.72. The molecule has 216 valence electrons. The molecule has 0 saturated heterocycles. The minimum Gasteiger partial charge on any atom is -0.455 e. The number of rotatable bonds is 4. The molecule has 4 nitrogen and oxygen atoms in total. The highest BCUT2D eigenvalue weighted by molar-refractivity contribution is 7.26. The standard InChI is InChI=1S/C39H18B5N3OS/c40-30-29(31(41)33(43)34(44)32(30)42)39-46-37(19-8-2-1-3-9-19)45-38(47-39)20-16-17-27-26(18-20)23-12-6-11-22(35(23)48-27)25-14-7-13-24-21-10-4-5-15-28(21)49-36(24)25/h1-18H. The van der Waals surface area contributed by atoms with Gasteiger partial charge < -0.3 is 4.42 Å². The van der Waals surface area contributed by atoms with Gasteiger partial charge in [-0.25, -0.2) is 15.0 Å². The zero-order valence-electron chi connectivity index (χ0n) is 25.9. The van der Waals surface area contributed by atoms with Crippen LogP contribution in [0.4, 0.5) is 0 Å². The fourth-order valence-electron chi connectivity index (χ4n) is 6.53. The molecule has 0 aliphatic rings. The maximum Gasteiger partial charge on any atom is 0.164 e. The van der Waals surface area contributed by atoms with Crippen molar-refractivity contribution in [3.8, 4) is 45.3 Å². The lowest BCUT2D eigenvalue weighted by molar-refractivity contribution is 0.670. The molecular weight excluding hydrogens is 613 g/mol. The molecule has 3 aromatic heterocycles. The first-order valence-corrected chi connectivity index (χ1v) is 16.4. The van der Waals surface area contributed by atoms with Crippen LogP contribution < -0.4 is 27.3 Å². The maximum absolute atomic E-state index is 6.59. The summed E-state index contributed by atoms with van der Waals surface area (Å²) in [6.45, 7) is 0. The van der Waals surface area contributed by atoms with Crippen molar-refractivity contribution in [1.82, 2.24) is 15.0 Å². The summed E-state index contributed by atoms with van der Waals surface area (Å²) in [6, 6.07) is 36.8. The Morgan fingerprint density at radius 3 is 1.86 bits per heavy atom. The van der Waals surface area contributed by atoms with Gasteiger partial charge in [0.05, 0.1) is 0 Å². The number of benzene rings is 6. The molecule has 0 unspecified atom stereocenters. The minimum atomic E-state index is 0.122. The highest BCUT2D eigenvalue weighted by atomic mass is 32.1. The van der Waals surface area contributed by atoms with E-state index in [-0.39, 0.29) is 33.1 Å². The first-order valence-electron chi connectivity index (χ1n) is 15.6. The molecule has 3 heterocycles. The Labute approximate surface area is 292 Å². The van der Waals surface area contributed by atoms with E-state index in [9.17, 15) is 0 Å². The van der Waals surface area contributed by atoms with Gasteiger partial charge in [0.2, 0.25) is 0 Å². The molecule has 0 aliphatic heterocycles. The van der Waals surface area contributed by atoms with Gasteiger partial charge in [0.25, 0.3) is 0 Å². The number of nitrogens with zero attached hydrogens (tertiary/aromatic N) is 3. The molecule has 0 aliphatic carbocycles. The van der Waals surface area contributed by atoms with Crippen LogP contribution in [0.5, 0.6) is 0 Å². The Balaban J connectivity index is 1.25. The van der Waals surface area contributed by atoms with Crippen LogP contribution in [0.25, 0.3) is 87.4 Å². The summed E-state index contributed by atoms with van der Waals surface area (Å²) >= 11 is 1.80. The summed E-state index contributed by atoms with van der Waals surface area (Å²) < 4.78 is 9.07. The number of fused-ring (bicyclic) bond motifs is 6. The Morgan fingerprint density at radius 1 is 0.469 bits per heavy atom. The van der Waals surface area contributed by atoms with Crippen molar-refractivity contribution in [2.75, 3.05) is 0 Å². The maximum atomic E-state index is 6.59. The average molecular weight is 631 g/mol. The van der Waals surface area contributed by atoms with E-state index in [1.807, 2.05) is 48.5 Å². The molecule has 6 aromatic carbocycles. The predicted molar refractivity (Wildman–Crippen MR) is 209 cm³/mol. The van der Waals surface area contributed by atoms with Crippen LogP contribution in [0.1, 0.15) is 0 Å². The van der Waals surface area contributed by atoms with E-state index in [1.54, 1.807) is 11.3 Å².